The summed E-state index contributed by atoms with van der Waals surface area (Å²) in [6, 6.07) is -3.27. The summed E-state index contributed by atoms with van der Waals surface area (Å²) in [5.41, 5.74) is -1.85. The number of ketones is 1. The Balaban J connectivity index is 1.93. The minimum absolute atomic E-state index is 0.0145. The van der Waals surface area contributed by atoms with E-state index in [1.165, 1.54) is 14.2 Å². The minimum atomic E-state index is -4.04. The van der Waals surface area contributed by atoms with E-state index >= 15 is 0 Å². The maximum absolute atomic E-state index is 13.6. The third-order valence-corrected chi connectivity index (χ3v) is 4.20. The normalized spacial score (nSPS) is 40.2. The third kappa shape index (κ3) is 3.93. The maximum atomic E-state index is 13.6. The summed E-state index contributed by atoms with van der Waals surface area (Å²) in [6.45, 7) is -11.9. The van der Waals surface area contributed by atoms with Gasteiger partial charge < -0.3 is 9.47 Å². The Hall–Kier alpha value is -2.33. The molecular weight excluding hydrogens is 350 g/mol. The first-order valence-electron chi connectivity index (χ1n) is 17.3. The molecule has 0 bridgehead atoms. The number of methoxy groups -OCH3 is 2. The van der Waals surface area contributed by atoms with Crippen LogP contribution in [0.5, 0.6) is 11.5 Å². The van der Waals surface area contributed by atoms with Gasteiger partial charge in [-0.1, -0.05) is 30.2 Å². The zero-order valence-electron chi connectivity index (χ0n) is 33.1. The summed E-state index contributed by atoms with van der Waals surface area (Å²) in [6.07, 6.45) is -12.1. The van der Waals surface area contributed by atoms with Crippen LogP contribution in [0.25, 0.3) is 0 Å². The lowest BCUT2D eigenvalue weighted by atomic mass is 9.85. The van der Waals surface area contributed by atoms with Gasteiger partial charge in [-0.05, 0) is 67.7 Å². The lowest BCUT2D eigenvalue weighted by Gasteiger charge is -2.32. The molecule has 2 aliphatic rings. The Labute approximate surface area is 192 Å². The Morgan fingerprint density at radius 1 is 1.18 bits per heavy atom. The van der Waals surface area contributed by atoms with E-state index in [-0.39, 0.29) is 22.6 Å². The molecule has 148 valence electrons. The molecule has 0 saturated carbocycles. The van der Waals surface area contributed by atoms with Gasteiger partial charge in [0.25, 0.3) is 0 Å². The molecule has 2 aromatic carbocycles. The summed E-state index contributed by atoms with van der Waals surface area (Å²) in [4.78, 5) is 13.0. The molecule has 2 aromatic rings. The number of hydrogen-bond acceptors (Lipinski definition) is 4. The van der Waals surface area contributed by atoms with Crippen LogP contribution in [0.3, 0.4) is 0 Å². The van der Waals surface area contributed by atoms with Crippen LogP contribution in [0.2, 0.25) is 0 Å². The van der Waals surface area contributed by atoms with Crippen molar-refractivity contribution < 1.29 is 38.9 Å². The first-order chi connectivity index (χ1) is 20.7. The SMILES string of the molecule is [2H]c1c([2H])c([2H])c(C([2H])([2H])N2C([2H])([2H])C([2H])([2H])C([2H])(CC3C(=O)c4cc(OC)c(OC)cc4C3([2H])[2H])C([2H])([2H])C2([2H])[2H])c([2H])c1[2H]. The van der Waals surface area contributed by atoms with Crippen LogP contribution in [0.15, 0.2) is 42.3 Å². The fourth-order valence-electron chi connectivity index (χ4n) is 2.87. The Morgan fingerprint density at radius 3 is 2.54 bits per heavy atom. The molecule has 1 heterocycles. The molecule has 1 unspecified atom stereocenters. The summed E-state index contributed by atoms with van der Waals surface area (Å²) < 4.78 is 164. The van der Waals surface area contributed by atoms with Crippen LogP contribution in [0.1, 0.15) is 65.3 Å². The molecule has 28 heavy (non-hydrogen) atoms. The molecule has 0 spiro atoms. The fourth-order valence-corrected chi connectivity index (χ4v) is 2.87. The van der Waals surface area contributed by atoms with E-state index in [1.54, 1.807) is 0 Å². The fraction of sp³-hybridized carbons (Fsp3) is 0.458. The van der Waals surface area contributed by atoms with Crippen molar-refractivity contribution in [3.63, 3.8) is 0 Å². The quantitative estimate of drug-likeness (QED) is 0.726. The molecule has 0 amide bonds. The number of likely N-dealkylation sites (tertiary alicyclic amines) is 1. The zero-order chi connectivity index (χ0) is 35.5. The van der Waals surface area contributed by atoms with Gasteiger partial charge in [0.1, 0.15) is 0 Å². The highest BCUT2D eigenvalue weighted by atomic mass is 16.5. The van der Waals surface area contributed by atoms with Gasteiger partial charge in [-0.2, -0.15) is 0 Å². The van der Waals surface area contributed by atoms with Crippen molar-refractivity contribution in [2.45, 2.75) is 32.0 Å². The molecule has 1 fully saturated rings. The van der Waals surface area contributed by atoms with E-state index < -0.39 is 103 Å². The number of carbonyl (C=O) groups excluding carboxylic acids is 1. The zero-order valence-corrected chi connectivity index (χ0v) is 15.1. The number of nitrogens with zero attached hydrogens (tertiary/aromatic N) is 1. The number of carbonyl (C=O) groups is 1. The molecule has 0 aromatic heterocycles. The number of Topliss-reactive ketones (excluding diaryl/α,β-unsaturated/α-hetero) is 1. The van der Waals surface area contributed by atoms with E-state index in [4.69, 9.17) is 34.1 Å². The van der Waals surface area contributed by atoms with E-state index in [1.807, 2.05) is 0 Å². The second-order valence-corrected chi connectivity index (χ2v) is 5.92. The highest BCUT2D eigenvalue weighted by molar-refractivity contribution is 6.02. The Morgan fingerprint density at radius 2 is 1.86 bits per heavy atom. The van der Waals surface area contributed by atoms with Gasteiger partial charge in [0.05, 0.1) is 21.1 Å². The van der Waals surface area contributed by atoms with Gasteiger partial charge in [-0.3, -0.25) is 9.69 Å². The number of hydrogen-bond donors (Lipinski definition) is 0. The van der Waals surface area contributed by atoms with Crippen molar-refractivity contribution in [2.75, 3.05) is 27.2 Å². The number of rotatable bonds is 6. The van der Waals surface area contributed by atoms with E-state index in [2.05, 4.69) is 0 Å². The van der Waals surface area contributed by atoms with Crippen LogP contribution >= 0.6 is 0 Å². The Kier molecular flexibility index (Phi) is 2.14. The molecule has 1 aliphatic carbocycles. The molecule has 0 N–H and O–H groups in total. The monoisotopic (exact) mass is 397 g/mol. The molecule has 1 aliphatic heterocycles. The van der Waals surface area contributed by atoms with Crippen LogP contribution in [-0.2, 0) is 12.9 Å². The summed E-state index contributed by atoms with van der Waals surface area (Å²) in [7, 11) is 2.50. The number of benzene rings is 2. The first-order valence-corrected chi connectivity index (χ1v) is 8.34. The van der Waals surface area contributed by atoms with Crippen LogP contribution in [0.4, 0.5) is 0 Å². The van der Waals surface area contributed by atoms with Crippen LogP contribution in [0, 0.1) is 11.8 Å². The van der Waals surface area contributed by atoms with Crippen molar-refractivity contribution >= 4 is 5.78 Å². The second kappa shape index (κ2) is 8.36. The van der Waals surface area contributed by atoms with Crippen molar-refractivity contribution in [3.8, 4) is 11.5 Å². The molecule has 1 atom stereocenters. The smallest absolute Gasteiger partial charge is 0.166 e. The highest BCUT2D eigenvalue weighted by Crippen LogP contribution is 2.39. The van der Waals surface area contributed by atoms with Gasteiger partial charge >= 0.3 is 0 Å². The summed E-state index contributed by atoms with van der Waals surface area (Å²) in [5.74, 6) is -6.70. The van der Waals surface area contributed by atoms with Crippen molar-refractivity contribution in [1.82, 2.24) is 4.90 Å². The molecule has 1 saturated heterocycles. The summed E-state index contributed by atoms with van der Waals surface area (Å²) >= 11 is 0. The molecule has 4 heteroatoms. The lowest BCUT2D eigenvalue weighted by molar-refractivity contribution is 0.0895. The third-order valence-electron chi connectivity index (χ3n) is 4.20. The molecule has 4 nitrogen and oxygen atoms in total. The summed E-state index contributed by atoms with van der Waals surface area (Å²) in [5, 5.41) is 0. The van der Waals surface area contributed by atoms with E-state index in [9.17, 15) is 4.79 Å². The van der Waals surface area contributed by atoms with Crippen LogP contribution < -0.4 is 9.47 Å². The van der Waals surface area contributed by atoms with Gasteiger partial charge in [-0.25, -0.2) is 0 Å². The van der Waals surface area contributed by atoms with Crippen LogP contribution in [-0.4, -0.2) is 37.9 Å². The largest absolute Gasteiger partial charge is 0.493 e. The molecule has 0 radical (unpaired) electrons. The minimum Gasteiger partial charge on any atom is -0.493 e. The number of piperidine rings is 1. The van der Waals surface area contributed by atoms with Crippen molar-refractivity contribution in [2.24, 2.45) is 11.8 Å². The molecule has 4 rings (SSSR count). The topological polar surface area (TPSA) is 38.8 Å². The van der Waals surface area contributed by atoms with E-state index in [0.717, 1.165) is 12.1 Å². The first kappa shape index (κ1) is 7.17. The lowest BCUT2D eigenvalue weighted by Crippen LogP contribution is -2.34. The van der Waals surface area contributed by atoms with Crippen molar-refractivity contribution in [1.29, 1.82) is 0 Å². The Bertz CT molecular complexity index is 1570. The van der Waals surface area contributed by atoms with Gasteiger partial charge in [0.2, 0.25) is 0 Å². The predicted molar refractivity (Wildman–Crippen MR) is 110 cm³/mol. The average Bonchev–Trinajstić information content (AvgIpc) is 3.12. The van der Waals surface area contributed by atoms with Gasteiger partial charge in [0, 0.05) is 35.8 Å². The number of ether oxygens (including phenoxy) is 2. The van der Waals surface area contributed by atoms with E-state index in [0.29, 0.717) is 0 Å². The average molecular weight is 398 g/mol. The van der Waals surface area contributed by atoms with Gasteiger partial charge in [0.15, 0.2) is 17.3 Å². The highest BCUT2D eigenvalue weighted by Gasteiger charge is 2.34. The standard InChI is InChI=1S/C24H29NO3/c1-27-22-14-19-13-20(24(26)21(19)15-23(22)28-2)12-17-8-10-25(11-9-17)16-18-6-4-3-5-7-18/h3-7,14-15,17,20H,8-13,16H2,1-2H3/i3D,4D,5D,6D,7D,8D2,9D2,10D2,11D2,13D2,16D2,17D. The maximum Gasteiger partial charge on any atom is 0.166 e. The van der Waals surface area contributed by atoms with Crippen molar-refractivity contribution in [3.05, 3.63) is 59.0 Å². The second-order valence-electron chi connectivity index (χ2n) is 5.92. The van der Waals surface area contributed by atoms with Gasteiger partial charge in [-0.15, -0.1) is 0 Å². The molecular formula is C24H29NO3. The number of fused-ring (bicyclic) bond motifs is 1. The predicted octanol–water partition coefficient (Wildman–Crippen LogP) is 4.36.